The van der Waals surface area contributed by atoms with E-state index in [-0.39, 0.29) is 5.56 Å². The second kappa shape index (κ2) is 8.65. The van der Waals surface area contributed by atoms with Crippen LogP contribution in [0, 0.1) is 5.92 Å². The van der Waals surface area contributed by atoms with E-state index in [0.29, 0.717) is 23.9 Å². The first-order valence-corrected chi connectivity index (χ1v) is 10.2. The third-order valence-electron chi connectivity index (χ3n) is 5.86. The maximum Gasteiger partial charge on any atom is 0.253 e. The van der Waals surface area contributed by atoms with E-state index in [9.17, 15) is 9.59 Å². The largest absolute Gasteiger partial charge is 0.341 e. The Bertz CT molecular complexity index is 859. The van der Waals surface area contributed by atoms with E-state index in [1.54, 1.807) is 29.4 Å². The molecule has 0 radical (unpaired) electrons. The van der Waals surface area contributed by atoms with Crippen molar-refractivity contribution < 1.29 is 4.79 Å². The SMILES string of the molecule is O=C1CCCN1CCN1CCC(Cn2cnc(-c3cccnc3)cc2=O)CC1. The van der Waals surface area contributed by atoms with Crippen LogP contribution < -0.4 is 5.56 Å². The zero-order chi connectivity index (χ0) is 19.3. The van der Waals surface area contributed by atoms with E-state index in [1.807, 2.05) is 17.0 Å². The van der Waals surface area contributed by atoms with Crippen LogP contribution in [-0.2, 0) is 11.3 Å². The Labute approximate surface area is 165 Å². The smallest absolute Gasteiger partial charge is 0.253 e. The molecule has 2 aliphatic rings. The number of likely N-dealkylation sites (tertiary alicyclic amines) is 2. The van der Waals surface area contributed by atoms with Crippen molar-refractivity contribution in [3.8, 4) is 11.3 Å². The van der Waals surface area contributed by atoms with E-state index in [2.05, 4.69) is 14.9 Å². The van der Waals surface area contributed by atoms with Crippen LogP contribution in [-0.4, -0.2) is 63.0 Å². The summed E-state index contributed by atoms with van der Waals surface area (Å²) in [4.78, 5) is 37.2. The van der Waals surface area contributed by atoms with Crippen LogP contribution in [0.3, 0.4) is 0 Å². The van der Waals surface area contributed by atoms with Crippen molar-refractivity contribution in [2.45, 2.75) is 32.2 Å². The Kier molecular flexibility index (Phi) is 5.81. The molecule has 0 spiro atoms. The van der Waals surface area contributed by atoms with Gasteiger partial charge in [-0.1, -0.05) is 0 Å². The van der Waals surface area contributed by atoms with Gasteiger partial charge >= 0.3 is 0 Å². The Balaban J connectivity index is 1.28. The van der Waals surface area contributed by atoms with Crippen LogP contribution in [0.1, 0.15) is 25.7 Å². The van der Waals surface area contributed by atoms with Gasteiger partial charge in [0.25, 0.3) is 5.56 Å². The molecule has 0 unspecified atom stereocenters. The second-order valence-corrected chi connectivity index (χ2v) is 7.78. The van der Waals surface area contributed by atoms with Crippen LogP contribution in [0.4, 0.5) is 0 Å². The fourth-order valence-corrected chi connectivity index (χ4v) is 4.11. The maximum atomic E-state index is 12.5. The summed E-state index contributed by atoms with van der Waals surface area (Å²) in [5.74, 6) is 0.796. The molecule has 2 aliphatic heterocycles. The standard InChI is InChI=1S/C21H27N5O2/c27-20-4-2-8-25(20)12-11-24-9-5-17(6-10-24)15-26-16-23-19(13-21(26)28)18-3-1-7-22-14-18/h1,3,7,13-14,16-17H,2,4-6,8-12,15H2. The van der Waals surface area contributed by atoms with Crippen molar-refractivity contribution in [2.75, 3.05) is 32.7 Å². The van der Waals surface area contributed by atoms with Gasteiger partial charge < -0.3 is 9.80 Å². The molecule has 0 bridgehead atoms. The van der Waals surface area contributed by atoms with Crippen LogP contribution in [0.15, 0.2) is 41.7 Å². The highest BCUT2D eigenvalue weighted by Gasteiger charge is 2.23. The molecular weight excluding hydrogens is 354 g/mol. The topological polar surface area (TPSA) is 71.3 Å². The van der Waals surface area contributed by atoms with Crippen molar-refractivity contribution in [2.24, 2.45) is 5.92 Å². The molecule has 2 saturated heterocycles. The summed E-state index contributed by atoms with van der Waals surface area (Å²) in [6, 6.07) is 5.35. The van der Waals surface area contributed by atoms with Crippen LogP contribution in [0.2, 0.25) is 0 Å². The van der Waals surface area contributed by atoms with E-state index in [1.165, 1.54) is 0 Å². The Hall–Kier alpha value is -2.54. The first-order chi connectivity index (χ1) is 13.7. The lowest BCUT2D eigenvalue weighted by Gasteiger charge is -2.33. The molecule has 0 saturated carbocycles. The average molecular weight is 381 g/mol. The third kappa shape index (κ3) is 4.47. The van der Waals surface area contributed by atoms with Crippen molar-refractivity contribution in [1.29, 1.82) is 0 Å². The molecule has 7 nitrogen and oxygen atoms in total. The summed E-state index contributed by atoms with van der Waals surface area (Å²) >= 11 is 0. The minimum Gasteiger partial charge on any atom is -0.341 e. The van der Waals surface area contributed by atoms with Crippen molar-refractivity contribution in [1.82, 2.24) is 24.3 Å². The number of pyridine rings is 1. The Morgan fingerprint density at radius 2 is 1.96 bits per heavy atom. The quantitative estimate of drug-likeness (QED) is 0.761. The number of piperidine rings is 1. The predicted molar refractivity (Wildman–Crippen MR) is 107 cm³/mol. The van der Waals surface area contributed by atoms with Gasteiger partial charge in [-0.05, 0) is 50.4 Å². The number of rotatable bonds is 6. The predicted octanol–water partition coefficient (Wildman–Crippen LogP) is 1.64. The van der Waals surface area contributed by atoms with Crippen LogP contribution in [0.25, 0.3) is 11.3 Å². The molecule has 2 aromatic rings. The van der Waals surface area contributed by atoms with E-state index < -0.39 is 0 Å². The highest BCUT2D eigenvalue weighted by molar-refractivity contribution is 5.78. The maximum absolute atomic E-state index is 12.5. The molecule has 28 heavy (non-hydrogen) atoms. The Morgan fingerprint density at radius 1 is 1.11 bits per heavy atom. The van der Waals surface area contributed by atoms with Gasteiger partial charge in [-0.3, -0.25) is 19.1 Å². The molecule has 4 rings (SSSR count). The molecule has 0 aliphatic carbocycles. The molecule has 2 aromatic heterocycles. The lowest BCUT2D eigenvalue weighted by atomic mass is 9.96. The second-order valence-electron chi connectivity index (χ2n) is 7.78. The first-order valence-electron chi connectivity index (χ1n) is 10.2. The summed E-state index contributed by atoms with van der Waals surface area (Å²) in [6.45, 7) is 5.51. The first kappa shape index (κ1) is 18.8. The van der Waals surface area contributed by atoms with Gasteiger partial charge in [0.1, 0.15) is 0 Å². The average Bonchev–Trinajstić information content (AvgIpc) is 3.14. The van der Waals surface area contributed by atoms with Gasteiger partial charge in [0.2, 0.25) is 5.91 Å². The highest BCUT2D eigenvalue weighted by atomic mass is 16.2. The molecule has 0 aromatic carbocycles. The molecular formula is C21H27N5O2. The fourth-order valence-electron chi connectivity index (χ4n) is 4.11. The zero-order valence-corrected chi connectivity index (χ0v) is 16.2. The fraction of sp³-hybridized carbons (Fsp3) is 0.524. The monoisotopic (exact) mass is 381 g/mol. The van der Waals surface area contributed by atoms with E-state index >= 15 is 0 Å². The summed E-state index contributed by atoms with van der Waals surface area (Å²) in [6.07, 6.45) is 8.96. The van der Waals surface area contributed by atoms with Gasteiger partial charge in [-0.15, -0.1) is 0 Å². The van der Waals surface area contributed by atoms with Crippen molar-refractivity contribution in [3.63, 3.8) is 0 Å². The van der Waals surface area contributed by atoms with Gasteiger partial charge in [0, 0.05) is 56.6 Å². The van der Waals surface area contributed by atoms with Gasteiger partial charge in [0.15, 0.2) is 0 Å². The molecule has 148 valence electrons. The van der Waals surface area contributed by atoms with Crippen molar-refractivity contribution >= 4 is 5.91 Å². The zero-order valence-electron chi connectivity index (χ0n) is 16.2. The number of hydrogen-bond donors (Lipinski definition) is 0. The van der Waals surface area contributed by atoms with Crippen molar-refractivity contribution in [3.05, 3.63) is 47.3 Å². The third-order valence-corrected chi connectivity index (χ3v) is 5.86. The van der Waals surface area contributed by atoms with E-state index in [4.69, 9.17) is 0 Å². The summed E-state index contributed by atoms with van der Waals surface area (Å²) in [5, 5.41) is 0. The number of amides is 1. The highest BCUT2D eigenvalue weighted by Crippen LogP contribution is 2.19. The van der Waals surface area contributed by atoms with Gasteiger partial charge in [0.05, 0.1) is 12.0 Å². The minimum absolute atomic E-state index is 0.0103. The van der Waals surface area contributed by atoms with E-state index in [0.717, 1.165) is 64.1 Å². The molecule has 2 fully saturated rings. The number of aromatic nitrogens is 3. The number of hydrogen-bond acceptors (Lipinski definition) is 5. The summed E-state index contributed by atoms with van der Waals surface area (Å²) in [5.41, 5.74) is 1.51. The summed E-state index contributed by atoms with van der Waals surface area (Å²) in [7, 11) is 0. The Morgan fingerprint density at radius 3 is 2.64 bits per heavy atom. The molecule has 0 atom stereocenters. The molecule has 0 N–H and O–H groups in total. The molecule has 4 heterocycles. The van der Waals surface area contributed by atoms with Crippen LogP contribution in [0.5, 0.6) is 0 Å². The number of nitrogens with zero attached hydrogens (tertiary/aromatic N) is 5. The number of carbonyl (C=O) groups is 1. The lowest BCUT2D eigenvalue weighted by molar-refractivity contribution is -0.127. The summed E-state index contributed by atoms with van der Waals surface area (Å²) < 4.78 is 1.73. The molecule has 1 amide bonds. The lowest BCUT2D eigenvalue weighted by Crippen LogP contribution is -2.41. The van der Waals surface area contributed by atoms with Gasteiger partial charge in [-0.2, -0.15) is 0 Å². The number of carbonyl (C=O) groups excluding carboxylic acids is 1. The van der Waals surface area contributed by atoms with Gasteiger partial charge in [-0.25, -0.2) is 4.98 Å². The van der Waals surface area contributed by atoms with Crippen LogP contribution >= 0.6 is 0 Å². The molecule has 7 heteroatoms. The normalized spacial score (nSPS) is 18.7. The minimum atomic E-state index is -0.0103.